The van der Waals surface area contributed by atoms with E-state index in [-0.39, 0.29) is 0 Å². The van der Waals surface area contributed by atoms with Crippen LogP contribution >= 0.6 is 0 Å². The molecule has 0 aliphatic carbocycles. The fourth-order valence-electron chi connectivity index (χ4n) is 1.32. The van der Waals surface area contributed by atoms with Crippen molar-refractivity contribution in [3.05, 3.63) is 0 Å². The van der Waals surface area contributed by atoms with Gasteiger partial charge in [-0.15, -0.1) is 0 Å². The highest BCUT2D eigenvalue weighted by Gasteiger charge is 2.40. The third-order valence-corrected chi connectivity index (χ3v) is 2.24. The van der Waals surface area contributed by atoms with Crippen molar-refractivity contribution in [2.24, 2.45) is 0 Å². The SMILES string of the molecule is CC(O)(C(=O)O)C1CCCCO1. The van der Waals surface area contributed by atoms with Gasteiger partial charge in [-0.05, 0) is 26.2 Å². The summed E-state index contributed by atoms with van der Waals surface area (Å²) in [6.07, 6.45) is 1.95. The molecular formula is C8H14O4. The smallest absolute Gasteiger partial charge is 0.338 e. The molecule has 0 amide bonds. The molecule has 4 heteroatoms. The van der Waals surface area contributed by atoms with Crippen LogP contribution in [0.4, 0.5) is 0 Å². The summed E-state index contributed by atoms with van der Waals surface area (Å²) in [5.74, 6) is -1.21. The Labute approximate surface area is 71.2 Å². The van der Waals surface area contributed by atoms with Crippen LogP contribution in [0, 0.1) is 0 Å². The molecule has 0 bridgehead atoms. The molecule has 1 saturated heterocycles. The molecule has 1 rings (SSSR count). The van der Waals surface area contributed by atoms with Crippen molar-refractivity contribution in [3.63, 3.8) is 0 Å². The van der Waals surface area contributed by atoms with Crippen molar-refractivity contribution in [1.29, 1.82) is 0 Å². The Balaban J connectivity index is 2.59. The van der Waals surface area contributed by atoms with Gasteiger partial charge in [-0.3, -0.25) is 0 Å². The van der Waals surface area contributed by atoms with Gasteiger partial charge < -0.3 is 14.9 Å². The fraction of sp³-hybridized carbons (Fsp3) is 0.875. The molecule has 0 aromatic heterocycles. The number of carbonyl (C=O) groups is 1. The second kappa shape index (κ2) is 3.41. The molecule has 1 aliphatic rings. The third-order valence-electron chi connectivity index (χ3n) is 2.24. The van der Waals surface area contributed by atoms with Crippen molar-refractivity contribution < 1.29 is 19.7 Å². The molecule has 0 saturated carbocycles. The van der Waals surface area contributed by atoms with Gasteiger partial charge in [-0.2, -0.15) is 0 Å². The minimum Gasteiger partial charge on any atom is -0.479 e. The Morgan fingerprint density at radius 2 is 2.25 bits per heavy atom. The van der Waals surface area contributed by atoms with E-state index in [1.165, 1.54) is 6.92 Å². The minimum absolute atomic E-state index is 0.550. The standard InChI is InChI=1S/C8H14O4/c1-8(11,7(9)10)6-4-2-3-5-12-6/h6,11H,2-5H2,1H3,(H,9,10). The van der Waals surface area contributed by atoms with Crippen LogP contribution in [0.1, 0.15) is 26.2 Å². The quantitative estimate of drug-likeness (QED) is 0.635. The monoisotopic (exact) mass is 174 g/mol. The van der Waals surface area contributed by atoms with Crippen molar-refractivity contribution in [1.82, 2.24) is 0 Å². The predicted molar refractivity (Wildman–Crippen MR) is 41.9 cm³/mol. The van der Waals surface area contributed by atoms with E-state index in [2.05, 4.69) is 0 Å². The van der Waals surface area contributed by atoms with Gasteiger partial charge in [0.2, 0.25) is 0 Å². The van der Waals surface area contributed by atoms with E-state index in [1.807, 2.05) is 0 Å². The van der Waals surface area contributed by atoms with Crippen LogP contribution in [-0.4, -0.2) is 34.5 Å². The van der Waals surface area contributed by atoms with Gasteiger partial charge in [-0.1, -0.05) is 0 Å². The number of ether oxygens (including phenoxy) is 1. The first-order valence-electron chi connectivity index (χ1n) is 4.12. The Morgan fingerprint density at radius 3 is 2.67 bits per heavy atom. The molecule has 2 unspecified atom stereocenters. The summed E-state index contributed by atoms with van der Waals surface area (Å²) < 4.78 is 5.17. The topological polar surface area (TPSA) is 66.8 Å². The maximum Gasteiger partial charge on any atom is 0.338 e. The molecule has 2 atom stereocenters. The summed E-state index contributed by atoms with van der Waals surface area (Å²) in [5, 5.41) is 18.2. The molecule has 1 fully saturated rings. The first-order valence-corrected chi connectivity index (χ1v) is 4.12. The van der Waals surface area contributed by atoms with Gasteiger partial charge in [-0.25, -0.2) is 4.79 Å². The molecule has 70 valence electrons. The maximum atomic E-state index is 10.6. The van der Waals surface area contributed by atoms with Crippen LogP contribution in [0.5, 0.6) is 0 Å². The molecule has 0 spiro atoms. The number of aliphatic hydroxyl groups is 1. The Bertz CT molecular complexity index is 170. The number of hydrogen-bond acceptors (Lipinski definition) is 3. The van der Waals surface area contributed by atoms with E-state index in [9.17, 15) is 9.90 Å². The lowest BCUT2D eigenvalue weighted by molar-refractivity contribution is -0.177. The van der Waals surface area contributed by atoms with Gasteiger partial charge in [0, 0.05) is 6.61 Å². The van der Waals surface area contributed by atoms with E-state index in [1.54, 1.807) is 0 Å². The van der Waals surface area contributed by atoms with E-state index in [4.69, 9.17) is 9.84 Å². The average Bonchev–Trinajstić information content (AvgIpc) is 2.06. The van der Waals surface area contributed by atoms with Crippen molar-refractivity contribution in [2.75, 3.05) is 6.61 Å². The third kappa shape index (κ3) is 1.76. The van der Waals surface area contributed by atoms with Crippen LogP contribution in [0.15, 0.2) is 0 Å². The van der Waals surface area contributed by atoms with E-state index < -0.39 is 17.7 Å². The molecule has 4 nitrogen and oxygen atoms in total. The number of carboxylic acid groups (broad SMARTS) is 1. The van der Waals surface area contributed by atoms with Gasteiger partial charge in [0.15, 0.2) is 5.60 Å². The first kappa shape index (κ1) is 9.48. The highest BCUT2D eigenvalue weighted by Crippen LogP contribution is 2.23. The van der Waals surface area contributed by atoms with E-state index >= 15 is 0 Å². The molecule has 2 N–H and O–H groups in total. The Hall–Kier alpha value is -0.610. The molecule has 12 heavy (non-hydrogen) atoms. The fourth-order valence-corrected chi connectivity index (χ4v) is 1.32. The zero-order valence-electron chi connectivity index (χ0n) is 7.12. The average molecular weight is 174 g/mol. The van der Waals surface area contributed by atoms with Gasteiger partial charge in [0.1, 0.15) is 0 Å². The van der Waals surface area contributed by atoms with Gasteiger partial charge >= 0.3 is 5.97 Å². The van der Waals surface area contributed by atoms with E-state index in [0.29, 0.717) is 13.0 Å². The highest BCUT2D eigenvalue weighted by molar-refractivity contribution is 5.77. The highest BCUT2D eigenvalue weighted by atomic mass is 16.5. The van der Waals surface area contributed by atoms with E-state index in [0.717, 1.165) is 12.8 Å². The number of carboxylic acids is 1. The van der Waals surface area contributed by atoms with Crippen LogP contribution in [-0.2, 0) is 9.53 Å². The Kier molecular flexibility index (Phi) is 2.69. The van der Waals surface area contributed by atoms with Gasteiger partial charge in [0.25, 0.3) is 0 Å². The molecule has 1 aliphatic heterocycles. The molecule has 1 heterocycles. The second-order valence-corrected chi connectivity index (χ2v) is 3.31. The second-order valence-electron chi connectivity index (χ2n) is 3.31. The summed E-state index contributed by atoms with van der Waals surface area (Å²) in [7, 11) is 0. The largest absolute Gasteiger partial charge is 0.479 e. The summed E-state index contributed by atoms with van der Waals surface area (Å²) >= 11 is 0. The van der Waals surface area contributed by atoms with Crippen LogP contribution in [0.25, 0.3) is 0 Å². The number of hydrogen-bond donors (Lipinski definition) is 2. The van der Waals surface area contributed by atoms with Crippen molar-refractivity contribution >= 4 is 5.97 Å². The zero-order chi connectivity index (χ0) is 9.19. The molecular weight excluding hydrogens is 160 g/mol. The number of aliphatic carboxylic acids is 1. The number of rotatable bonds is 2. The Morgan fingerprint density at radius 1 is 1.58 bits per heavy atom. The minimum atomic E-state index is -1.74. The molecule has 0 radical (unpaired) electrons. The maximum absolute atomic E-state index is 10.6. The summed E-state index contributed by atoms with van der Waals surface area (Å²) in [6, 6.07) is 0. The van der Waals surface area contributed by atoms with Crippen LogP contribution in [0.3, 0.4) is 0 Å². The van der Waals surface area contributed by atoms with Crippen LogP contribution in [0.2, 0.25) is 0 Å². The lowest BCUT2D eigenvalue weighted by Crippen LogP contribution is -2.49. The summed E-state index contributed by atoms with van der Waals surface area (Å²) in [5.41, 5.74) is -1.74. The van der Waals surface area contributed by atoms with Gasteiger partial charge in [0.05, 0.1) is 6.10 Å². The predicted octanol–water partition coefficient (Wildman–Crippen LogP) is 0.391. The molecule has 0 aromatic carbocycles. The first-order chi connectivity index (χ1) is 5.55. The normalized spacial score (nSPS) is 29.3. The van der Waals surface area contributed by atoms with Crippen molar-refractivity contribution in [2.45, 2.75) is 37.9 Å². The summed E-state index contributed by atoms with van der Waals surface area (Å²) in [6.45, 7) is 1.83. The summed E-state index contributed by atoms with van der Waals surface area (Å²) in [4.78, 5) is 10.6. The van der Waals surface area contributed by atoms with Crippen molar-refractivity contribution in [3.8, 4) is 0 Å². The molecule has 0 aromatic rings. The lowest BCUT2D eigenvalue weighted by Gasteiger charge is -2.31. The van der Waals surface area contributed by atoms with Crippen LogP contribution < -0.4 is 0 Å². The zero-order valence-corrected chi connectivity index (χ0v) is 7.12. The lowest BCUT2D eigenvalue weighted by atomic mass is 9.93.